The highest BCUT2D eigenvalue weighted by Gasteiger charge is 2.14. The van der Waals surface area contributed by atoms with Gasteiger partial charge in [-0.1, -0.05) is 0 Å². The molecular weight excluding hydrogens is 364 g/mol. The molecule has 1 aromatic heterocycles. The van der Waals surface area contributed by atoms with E-state index < -0.39 is 10.5 Å². The highest BCUT2D eigenvalue weighted by atomic mass is 16.6. The zero-order valence-electron chi connectivity index (χ0n) is 15.4. The Bertz CT molecular complexity index is 1100. The molecule has 144 valence electrons. The summed E-state index contributed by atoms with van der Waals surface area (Å²) >= 11 is 0. The summed E-state index contributed by atoms with van der Waals surface area (Å²) in [7, 11) is 1.53. The highest BCUT2D eigenvalue weighted by molar-refractivity contribution is 5.91. The molecule has 0 aliphatic rings. The molecule has 3 rings (SSSR count). The molecule has 1 heterocycles. The lowest BCUT2D eigenvalue weighted by Crippen LogP contribution is -2.16. The molecule has 1 N–H and O–H groups in total. The number of fused-ring (bicyclic) bond motifs is 1. The Labute approximate surface area is 159 Å². The van der Waals surface area contributed by atoms with Gasteiger partial charge in [0.1, 0.15) is 11.3 Å². The maximum Gasteiger partial charge on any atom is 0.339 e. The number of hydrogen-bond donors (Lipinski definition) is 1. The smallest absolute Gasteiger partial charge is 0.339 e. The number of anilines is 1. The Kier molecular flexibility index (Phi) is 5.39. The monoisotopic (exact) mass is 382 g/mol. The van der Waals surface area contributed by atoms with E-state index in [-0.39, 0.29) is 24.4 Å². The normalized spacial score (nSPS) is 10.6. The lowest BCUT2D eigenvalue weighted by atomic mass is 10.0. The van der Waals surface area contributed by atoms with Crippen LogP contribution in [0.15, 0.2) is 51.7 Å². The molecule has 28 heavy (non-hydrogen) atoms. The van der Waals surface area contributed by atoms with Crippen LogP contribution in [0.4, 0.5) is 11.4 Å². The van der Waals surface area contributed by atoms with Gasteiger partial charge in [-0.2, -0.15) is 0 Å². The molecule has 3 aromatic rings. The Morgan fingerprint density at radius 2 is 1.93 bits per heavy atom. The first-order valence-corrected chi connectivity index (χ1v) is 8.53. The second-order valence-corrected chi connectivity index (χ2v) is 6.21. The van der Waals surface area contributed by atoms with Gasteiger partial charge in [0.25, 0.3) is 5.69 Å². The van der Waals surface area contributed by atoms with E-state index >= 15 is 0 Å². The fraction of sp³-hybridized carbons (Fsp3) is 0.200. The second-order valence-electron chi connectivity index (χ2n) is 6.21. The van der Waals surface area contributed by atoms with Crippen molar-refractivity contribution in [1.29, 1.82) is 0 Å². The van der Waals surface area contributed by atoms with Crippen molar-refractivity contribution in [1.82, 2.24) is 0 Å². The number of methoxy groups -OCH3 is 1. The first-order chi connectivity index (χ1) is 13.4. The van der Waals surface area contributed by atoms with Crippen molar-refractivity contribution < 1.29 is 18.9 Å². The lowest BCUT2D eigenvalue weighted by molar-refractivity contribution is -0.384. The molecule has 8 heteroatoms. The van der Waals surface area contributed by atoms with E-state index in [1.165, 1.54) is 31.4 Å². The van der Waals surface area contributed by atoms with Crippen molar-refractivity contribution in [2.24, 2.45) is 0 Å². The van der Waals surface area contributed by atoms with Gasteiger partial charge < -0.3 is 14.5 Å². The maximum atomic E-state index is 12.3. The number of hydrogen-bond acceptors (Lipinski definition) is 6. The number of carbonyl (C=O) groups is 1. The number of benzene rings is 2. The van der Waals surface area contributed by atoms with E-state index in [1.54, 1.807) is 12.1 Å². The van der Waals surface area contributed by atoms with Crippen LogP contribution < -0.4 is 15.7 Å². The Balaban J connectivity index is 1.73. The van der Waals surface area contributed by atoms with Gasteiger partial charge in [0.2, 0.25) is 5.91 Å². The largest absolute Gasteiger partial charge is 0.497 e. The number of nitrogens with one attached hydrogen (secondary N) is 1. The number of ether oxygens (including phenoxy) is 1. The zero-order valence-corrected chi connectivity index (χ0v) is 15.4. The minimum absolute atomic E-state index is 0.0565. The standard InChI is InChI=1S/C20H18N2O6/c1-12-16-8-7-15(27-2)11-18(16)28-20(24)17(12)9-10-19(23)21-13-3-5-14(6-4-13)22(25)26/h3-8,11H,9-10H2,1-2H3,(H,21,23). The van der Waals surface area contributed by atoms with E-state index in [9.17, 15) is 19.7 Å². The molecule has 0 unspecified atom stereocenters. The van der Waals surface area contributed by atoms with Gasteiger partial charge in [-0.3, -0.25) is 14.9 Å². The van der Waals surface area contributed by atoms with Crippen molar-refractivity contribution in [2.75, 3.05) is 12.4 Å². The fourth-order valence-corrected chi connectivity index (χ4v) is 2.92. The van der Waals surface area contributed by atoms with Crippen LogP contribution in [-0.4, -0.2) is 17.9 Å². The number of nitro groups is 1. The zero-order chi connectivity index (χ0) is 20.3. The van der Waals surface area contributed by atoms with Crippen LogP contribution in [0, 0.1) is 17.0 Å². The van der Waals surface area contributed by atoms with E-state index in [1.807, 2.05) is 13.0 Å². The second kappa shape index (κ2) is 7.91. The Morgan fingerprint density at radius 3 is 2.57 bits per heavy atom. The van der Waals surface area contributed by atoms with Crippen molar-refractivity contribution in [3.05, 3.63) is 74.1 Å². The van der Waals surface area contributed by atoms with Gasteiger partial charge in [0, 0.05) is 41.3 Å². The van der Waals surface area contributed by atoms with Crippen LogP contribution in [0.3, 0.4) is 0 Å². The summed E-state index contributed by atoms with van der Waals surface area (Å²) in [5.74, 6) is 0.285. The molecule has 0 bridgehead atoms. The Morgan fingerprint density at radius 1 is 1.21 bits per heavy atom. The SMILES string of the molecule is COc1ccc2c(C)c(CCC(=O)Nc3ccc([N+](=O)[O-])cc3)c(=O)oc2c1. The maximum absolute atomic E-state index is 12.3. The summed E-state index contributed by atoms with van der Waals surface area (Å²) < 4.78 is 10.5. The minimum Gasteiger partial charge on any atom is -0.497 e. The Hall–Kier alpha value is -3.68. The summed E-state index contributed by atoms with van der Waals surface area (Å²) in [6, 6.07) is 10.8. The van der Waals surface area contributed by atoms with Gasteiger partial charge >= 0.3 is 5.63 Å². The molecule has 0 spiro atoms. The van der Waals surface area contributed by atoms with Gasteiger partial charge in [-0.05, 0) is 43.2 Å². The highest BCUT2D eigenvalue weighted by Crippen LogP contribution is 2.24. The van der Waals surface area contributed by atoms with E-state index in [0.717, 1.165) is 10.9 Å². The molecule has 0 saturated carbocycles. The fourth-order valence-electron chi connectivity index (χ4n) is 2.92. The number of rotatable bonds is 6. The van der Waals surface area contributed by atoms with Crippen molar-refractivity contribution in [2.45, 2.75) is 19.8 Å². The van der Waals surface area contributed by atoms with Crippen molar-refractivity contribution >= 4 is 28.3 Å². The third-order valence-electron chi connectivity index (χ3n) is 4.46. The average molecular weight is 382 g/mol. The molecular formula is C20H18N2O6. The molecule has 8 nitrogen and oxygen atoms in total. The molecule has 0 aliphatic carbocycles. The number of nitro benzene ring substituents is 1. The molecule has 0 fully saturated rings. The number of non-ortho nitro benzene ring substituents is 1. The van der Waals surface area contributed by atoms with Crippen LogP contribution >= 0.6 is 0 Å². The first-order valence-electron chi connectivity index (χ1n) is 8.53. The van der Waals surface area contributed by atoms with Crippen molar-refractivity contribution in [3.8, 4) is 5.75 Å². The van der Waals surface area contributed by atoms with Crippen LogP contribution in [0.25, 0.3) is 11.0 Å². The van der Waals surface area contributed by atoms with Crippen LogP contribution in [0.5, 0.6) is 5.75 Å². The summed E-state index contributed by atoms with van der Waals surface area (Å²) in [6.45, 7) is 1.81. The molecule has 0 radical (unpaired) electrons. The summed E-state index contributed by atoms with van der Waals surface area (Å²) in [5, 5.41) is 14.1. The number of carbonyl (C=O) groups excluding carboxylic acids is 1. The number of nitrogens with zero attached hydrogens (tertiary/aromatic N) is 1. The predicted octanol–water partition coefficient (Wildman–Crippen LogP) is 3.59. The van der Waals surface area contributed by atoms with Gasteiger partial charge in [0.05, 0.1) is 12.0 Å². The van der Waals surface area contributed by atoms with Crippen molar-refractivity contribution in [3.63, 3.8) is 0 Å². The molecule has 2 aromatic carbocycles. The summed E-state index contributed by atoms with van der Waals surface area (Å²) in [5.41, 5.74) is 1.54. The molecule has 1 amide bonds. The lowest BCUT2D eigenvalue weighted by Gasteiger charge is -2.09. The average Bonchev–Trinajstić information content (AvgIpc) is 2.67. The van der Waals surface area contributed by atoms with E-state index in [4.69, 9.17) is 9.15 Å². The molecule has 0 atom stereocenters. The predicted molar refractivity (Wildman–Crippen MR) is 104 cm³/mol. The quantitative estimate of drug-likeness (QED) is 0.396. The summed E-state index contributed by atoms with van der Waals surface area (Å²) in [4.78, 5) is 34.7. The number of amides is 1. The van der Waals surface area contributed by atoms with Crippen LogP contribution in [0.2, 0.25) is 0 Å². The van der Waals surface area contributed by atoms with Gasteiger partial charge in [-0.15, -0.1) is 0 Å². The molecule has 0 aliphatic heterocycles. The third kappa shape index (κ3) is 4.01. The van der Waals surface area contributed by atoms with Gasteiger partial charge in [-0.25, -0.2) is 4.79 Å². The van der Waals surface area contributed by atoms with Crippen LogP contribution in [-0.2, 0) is 11.2 Å². The number of aryl methyl sites for hydroxylation is 1. The third-order valence-corrected chi connectivity index (χ3v) is 4.46. The van der Waals surface area contributed by atoms with Crippen LogP contribution in [0.1, 0.15) is 17.5 Å². The summed E-state index contributed by atoms with van der Waals surface area (Å²) in [6.07, 6.45) is 0.291. The minimum atomic E-state index is -0.511. The molecule has 0 saturated heterocycles. The van der Waals surface area contributed by atoms with Gasteiger partial charge in [0.15, 0.2) is 0 Å². The van der Waals surface area contributed by atoms with E-state index in [0.29, 0.717) is 22.6 Å². The van der Waals surface area contributed by atoms with E-state index in [2.05, 4.69) is 5.32 Å². The topological polar surface area (TPSA) is 112 Å². The first kappa shape index (κ1) is 19.1.